The van der Waals surface area contributed by atoms with Crippen molar-refractivity contribution in [1.82, 2.24) is 15.3 Å². The quantitative estimate of drug-likeness (QED) is 0.388. The number of imidazole rings is 1. The highest BCUT2D eigenvalue weighted by molar-refractivity contribution is 9.10. The molecular formula is C15H17BrN4O3. The molecule has 2 rings (SSSR count). The molecule has 1 aromatic carbocycles. The third-order valence-corrected chi connectivity index (χ3v) is 3.83. The first kappa shape index (κ1) is 17.0. The van der Waals surface area contributed by atoms with Gasteiger partial charge < -0.3 is 20.2 Å². The second-order valence-electron chi connectivity index (χ2n) is 4.78. The smallest absolute Gasteiger partial charge is 0.269 e. The monoisotopic (exact) mass is 380 g/mol. The van der Waals surface area contributed by atoms with Crippen molar-refractivity contribution in [3.8, 4) is 5.75 Å². The van der Waals surface area contributed by atoms with Gasteiger partial charge >= 0.3 is 0 Å². The van der Waals surface area contributed by atoms with E-state index in [0.717, 1.165) is 15.7 Å². The number of carbonyl (C=O) groups excluding carboxylic acids is 1. The number of H-pyrrole nitrogens is 1. The fourth-order valence-corrected chi connectivity index (χ4v) is 2.60. The number of nitrogens with one attached hydrogen (secondary N) is 2. The molecule has 8 heteroatoms. The van der Waals surface area contributed by atoms with Gasteiger partial charge in [-0.25, -0.2) is 4.98 Å². The molecule has 0 aliphatic heterocycles. The van der Waals surface area contributed by atoms with E-state index in [1.54, 1.807) is 25.7 Å². The standard InChI is InChI=1S/C15H17BrN4O3/c1-23-14-3-2-10(6-12(14)16)7-13(20-22)15(21)18-5-4-11-8-17-9-19-11/h2-3,6,8-9,22H,4-5,7H2,1H3,(H,17,19)(H,18,21)/b20-13-. The minimum absolute atomic E-state index is 0.0478. The van der Waals surface area contributed by atoms with E-state index in [-0.39, 0.29) is 12.1 Å². The molecule has 1 amide bonds. The molecule has 0 spiro atoms. The number of methoxy groups -OCH3 is 1. The fraction of sp³-hybridized carbons (Fsp3) is 0.267. The van der Waals surface area contributed by atoms with Crippen molar-refractivity contribution < 1.29 is 14.7 Å². The predicted molar refractivity (Wildman–Crippen MR) is 88.9 cm³/mol. The summed E-state index contributed by atoms with van der Waals surface area (Å²) in [6.07, 6.45) is 4.12. The Morgan fingerprint density at radius 1 is 1.52 bits per heavy atom. The summed E-state index contributed by atoms with van der Waals surface area (Å²) in [5.41, 5.74) is 1.80. The van der Waals surface area contributed by atoms with E-state index in [0.29, 0.717) is 18.7 Å². The lowest BCUT2D eigenvalue weighted by Crippen LogP contribution is -2.33. The van der Waals surface area contributed by atoms with Crippen LogP contribution in [0.15, 0.2) is 40.4 Å². The molecule has 0 aliphatic rings. The van der Waals surface area contributed by atoms with Crippen LogP contribution in [0.2, 0.25) is 0 Å². The van der Waals surface area contributed by atoms with E-state index in [4.69, 9.17) is 9.94 Å². The first-order valence-electron chi connectivity index (χ1n) is 6.93. The number of halogens is 1. The van der Waals surface area contributed by atoms with Gasteiger partial charge in [0.2, 0.25) is 0 Å². The zero-order chi connectivity index (χ0) is 16.7. The van der Waals surface area contributed by atoms with Crippen LogP contribution >= 0.6 is 15.9 Å². The molecule has 0 saturated heterocycles. The van der Waals surface area contributed by atoms with E-state index >= 15 is 0 Å². The third kappa shape index (κ3) is 4.82. The van der Waals surface area contributed by atoms with E-state index in [1.165, 1.54) is 0 Å². The van der Waals surface area contributed by atoms with Crippen LogP contribution in [-0.4, -0.2) is 40.4 Å². The molecule has 1 aromatic heterocycles. The zero-order valence-electron chi connectivity index (χ0n) is 12.5. The molecule has 2 aromatic rings. The predicted octanol–water partition coefficient (Wildman–Crippen LogP) is 1.91. The molecule has 0 fully saturated rings. The Morgan fingerprint density at radius 3 is 2.96 bits per heavy atom. The maximum atomic E-state index is 12.1. The van der Waals surface area contributed by atoms with Crippen LogP contribution in [0.1, 0.15) is 11.3 Å². The van der Waals surface area contributed by atoms with Gasteiger partial charge in [-0.2, -0.15) is 0 Å². The number of hydrogen-bond donors (Lipinski definition) is 3. The van der Waals surface area contributed by atoms with Crippen molar-refractivity contribution in [2.24, 2.45) is 5.16 Å². The number of hydrogen-bond acceptors (Lipinski definition) is 5. The number of aromatic amines is 1. The zero-order valence-corrected chi connectivity index (χ0v) is 14.1. The van der Waals surface area contributed by atoms with Gasteiger partial charge in [0.05, 0.1) is 17.9 Å². The maximum absolute atomic E-state index is 12.1. The van der Waals surface area contributed by atoms with Crippen molar-refractivity contribution in [2.45, 2.75) is 12.8 Å². The summed E-state index contributed by atoms with van der Waals surface area (Å²) in [5.74, 6) is 0.291. The number of rotatable bonds is 7. The summed E-state index contributed by atoms with van der Waals surface area (Å²) in [6.45, 7) is 0.423. The van der Waals surface area contributed by atoms with Crippen LogP contribution < -0.4 is 10.1 Å². The topological polar surface area (TPSA) is 99.6 Å². The van der Waals surface area contributed by atoms with E-state index in [9.17, 15) is 4.79 Å². The lowest BCUT2D eigenvalue weighted by molar-refractivity contribution is -0.115. The van der Waals surface area contributed by atoms with Gasteiger partial charge in [-0.1, -0.05) is 11.2 Å². The highest BCUT2D eigenvalue weighted by Gasteiger charge is 2.14. The normalized spacial score (nSPS) is 11.3. The van der Waals surface area contributed by atoms with Gasteiger partial charge in [-0.3, -0.25) is 4.79 Å². The molecule has 0 atom stereocenters. The molecule has 3 N–H and O–H groups in total. The van der Waals surface area contributed by atoms with Crippen LogP contribution in [0.25, 0.3) is 0 Å². The summed E-state index contributed by atoms with van der Waals surface area (Å²) in [7, 11) is 1.58. The lowest BCUT2D eigenvalue weighted by Gasteiger charge is -2.08. The number of benzene rings is 1. The van der Waals surface area contributed by atoms with Crippen molar-refractivity contribution in [2.75, 3.05) is 13.7 Å². The molecule has 122 valence electrons. The van der Waals surface area contributed by atoms with Gasteiger partial charge in [-0.15, -0.1) is 0 Å². The molecule has 0 unspecified atom stereocenters. The molecular weight excluding hydrogens is 364 g/mol. The molecule has 0 bridgehead atoms. The number of nitrogens with zero attached hydrogens (tertiary/aromatic N) is 2. The summed E-state index contributed by atoms with van der Waals surface area (Å²) < 4.78 is 5.93. The van der Waals surface area contributed by atoms with Crippen molar-refractivity contribution >= 4 is 27.5 Å². The van der Waals surface area contributed by atoms with Crippen LogP contribution in [0, 0.1) is 0 Å². The first-order valence-corrected chi connectivity index (χ1v) is 7.72. The van der Waals surface area contributed by atoms with E-state index in [1.807, 2.05) is 12.1 Å². The number of amides is 1. The number of oxime groups is 1. The van der Waals surface area contributed by atoms with Gasteiger partial charge in [-0.05, 0) is 33.6 Å². The third-order valence-electron chi connectivity index (χ3n) is 3.21. The second-order valence-corrected chi connectivity index (χ2v) is 5.63. The van der Waals surface area contributed by atoms with Crippen LogP contribution in [0.5, 0.6) is 5.75 Å². The highest BCUT2D eigenvalue weighted by Crippen LogP contribution is 2.25. The van der Waals surface area contributed by atoms with E-state index < -0.39 is 5.91 Å². The van der Waals surface area contributed by atoms with Crippen molar-refractivity contribution in [1.29, 1.82) is 0 Å². The Balaban J connectivity index is 1.91. The van der Waals surface area contributed by atoms with Crippen LogP contribution in [0.3, 0.4) is 0 Å². The molecule has 23 heavy (non-hydrogen) atoms. The highest BCUT2D eigenvalue weighted by atomic mass is 79.9. The lowest BCUT2D eigenvalue weighted by atomic mass is 10.1. The van der Waals surface area contributed by atoms with Crippen molar-refractivity contribution in [3.63, 3.8) is 0 Å². The van der Waals surface area contributed by atoms with Gasteiger partial charge in [0.1, 0.15) is 11.5 Å². The van der Waals surface area contributed by atoms with Crippen molar-refractivity contribution in [3.05, 3.63) is 46.5 Å². The number of aromatic nitrogens is 2. The van der Waals surface area contributed by atoms with Crippen LogP contribution in [0.4, 0.5) is 0 Å². The Morgan fingerprint density at radius 2 is 2.35 bits per heavy atom. The summed E-state index contributed by atoms with van der Waals surface area (Å²) in [4.78, 5) is 18.9. The van der Waals surface area contributed by atoms with E-state index in [2.05, 4.69) is 36.4 Å². The minimum atomic E-state index is -0.404. The summed E-state index contributed by atoms with van der Waals surface area (Å²) >= 11 is 3.38. The van der Waals surface area contributed by atoms with Crippen LogP contribution in [-0.2, 0) is 17.6 Å². The van der Waals surface area contributed by atoms with Gasteiger partial charge in [0.25, 0.3) is 5.91 Å². The minimum Gasteiger partial charge on any atom is -0.496 e. The summed E-state index contributed by atoms with van der Waals surface area (Å²) in [6, 6.07) is 5.42. The Hall–Kier alpha value is -2.35. The number of carbonyl (C=O) groups is 1. The summed E-state index contributed by atoms with van der Waals surface area (Å²) in [5, 5.41) is 14.9. The first-order chi connectivity index (χ1) is 11.1. The Labute approximate surface area is 141 Å². The Bertz CT molecular complexity index is 686. The SMILES string of the molecule is COc1ccc(C/C(=N/O)C(=O)NCCc2cnc[nH]2)cc1Br. The second kappa shape index (κ2) is 8.33. The van der Waals surface area contributed by atoms with Gasteiger partial charge in [0.15, 0.2) is 0 Å². The molecule has 7 nitrogen and oxygen atoms in total. The average Bonchev–Trinajstić information content (AvgIpc) is 3.06. The molecule has 0 radical (unpaired) electrons. The maximum Gasteiger partial charge on any atom is 0.269 e. The number of ether oxygens (including phenoxy) is 1. The fourth-order valence-electron chi connectivity index (χ4n) is 2.01. The average molecular weight is 381 g/mol. The molecule has 0 saturated carbocycles. The molecule has 1 heterocycles. The largest absolute Gasteiger partial charge is 0.496 e. The Kier molecular flexibility index (Phi) is 6.16. The van der Waals surface area contributed by atoms with Gasteiger partial charge in [0, 0.05) is 31.3 Å². The molecule has 0 aliphatic carbocycles.